The fraction of sp³-hybridized carbons (Fsp3) is 0.0909. The van der Waals surface area contributed by atoms with Gasteiger partial charge in [0.15, 0.2) is 11.6 Å². The van der Waals surface area contributed by atoms with E-state index in [0.717, 1.165) is 0 Å². The molecule has 0 atom stereocenters. The predicted octanol–water partition coefficient (Wildman–Crippen LogP) is 5.29. The van der Waals surface area contributed by atoms with Gasteiger partial charge in [0.25, 0.3) is 5.91 Å². The summed E-state index contributed by atoms with van der Waals surface area (Å²) in [5, 5.41) is 6.96. The van der Waals surface area contributed by atoms with Gasteiger partial charge >= 0.3 is 0 Å². The molecule has 0 aliphatic rings. The Hall–Kier alpha value is -3.65. The molecular weight excluding hydrogens is 428 g/mol. The van der Waals surface area contributed by atoms with Gasteiger partial charge < -0.3 is 14.5 Å². The third-order valence-corrected chi connectivity index (χ3v) is 4.60. The molecule has 4 aromatic rings. The average Bonchev–Trinajstić information content (AvgIpc) is 3.36. The van der Waals surface area contributed by atoms with Crippen molar-refractivity contribution in [2.45, 2.75) is 13.2 Å². The zero-order valence-electron chi connectivity index (χ0n) is 16.0. The number of anilines is 1. The molecule has 0 radical (unpaired) electrons. The minimum Gasteiger partial charge on any atom is -0.486 e. The van der Waals surface area contributed by atoms with Crippen LogP contribution >= 0.6 is 11.6 Å². The highest BCUT2D eigenvalue weighted by Gasteiger charge is 2.16. The second kappa shape index (κ2) is 9.01. The van der Waals surface area contributed by atoms with Crippen LogP contribution < -0.4 is 10.1 Å². The number of benzene rings is 2. The molecule has 2 aromatic carbocycles. The van der Waals surface area contributed by atoms with Gasteiger partial charge in [-0.2, -0.15) is 5.10 Å². The molecule has 0 fully saturated rings. The Kier molecular flexibility index (Phi) is 5.99. The van der Waals surface area contributed by atoms with Gasteiger partial charge in [0.05, 0.1) is 6.54 Å². The molecule has 0 aliphatic heterocycles. The number of carbonyl (C=O) groups excluding carboxylic acids is 1. The first-order valence-electron chi connectivity index (χ1n) is 9.23. The zero-order valence-corrected chi connectivity index (χ0v) is 16.8. The van der Waals surface area contributed by atoms with Crippen molar-refractivity contribution < 1.29 is 22.7 Å². The molecule has 0 saturated heterocycles. The highest BCUT2D eigenvalue weighted by molar-refractivity contribution is 6.33. The van der Waals surface area contributed by atoms with Gasteiger partial charge in [-0.05, 0) is 42.5 Å². The fourth-order valence-corrected chi connectivity index (χ4v) is 2.99. The highest BCUT2D eigenvalue weighted by Crippen LogP contribution is 2.22. The van der Waals surface area contributed by atoms with Crippen molar-refractivity contribution in [1.82, 2.24) is 9.78 Å². The van der Waals surface area contributed by atoms with Crippen molar-refractivity contribution in [1.29, 1.82) is 0 Å². The first-order valence-corrected chi connectivity index (χ1v) is 9.60. The molecule has 0 bridgehead atoms. The second-order valence-electron chi connectivity index (χ2n) is 6.58. The third kappa shape index (κ3) is 5.10. The number of nitrogens with one attached hydrogen (secondary N) is 1. The van der Waals surface area contributed by atoms with Gasteiger partial charge in [-0.1, -0.05) is 29.8 Å². The molecule has 6 nitrogen and oxygen atoms in total. The van der Waals surface area contributed by atoms with Gasteiger partial charge in [-0.25, -0.2) is 8.78 Å². The van der Waals surface area contributed by atoms with Gasteiger partial charge in [-0.3, -0.25) is 9.48 Å². The van der Waals surface area contributed by atoms with Crippen LogP contribution in [0.1, 0.15) is 21.9 Å². The van der Waals surface area contributed by atoms with Crippen LogP contribution in [0.5, 0.6) is 5.75 Å². The number of hydrogen-bond donors (Lipinski definition) is 1. The van der Waals surface area contributed by atoms with E-state index in [0.29, 0.717) is 17.1 Å². The maximum absolute atomic E-state index is 13.8. The Balaban J connectivity index is 1.38. The Morgan fingerprint density at radius 3 is 2.65 bits per heavy atom. The molecule has 0 unspecified atom stereocenters. The number of hydrogen-bond acceptors (Lipinski definition) is 4. The first-order chi connectivity index (χ1) is 15.0. The summed E-state index contributed by atoms with van der Waals surface area (Å²) in [5.74, 6) is -0.223. The molecule has 4 rings (SSSR count). The summed E-state index contributed by atoms with van der Waals surface area (Å²) >= 11 is 6.15. The van der Waals surface area contributed by atoms with Crippen molar-refractivity contribution in [3.63, 3.8) is 0 Å². The van der Waals surface area contributed by atoms with E-state index in [2.05, 4.69) is 10.4 Å². The number of rotatable bonds is 7. The van der Waals surface area contributed by atoms with E-state index >= 15 is 0 Å². The molecule has 1 N–H and O–H groups in total. The summed E-state index contributed by atoms with van der Waals surface area (Å²) < 4.78 is 39.2. The Bertz CT molecular complexity index is 1200. The Labute approximate surface area is 181 Å². The van der Waals surface area contributed by atoms with Crippen molar-refractivity contribution in [3.05, 3.63) is 101 Å². The molecular formula is C22H16ClF2N3O3. The molecule has 9 heteroatoms. The number of furan rings is 1. The van der Waals surface area contributed by atoms with Crippen molar-refractivity contribution in [2.75, 3.05) is 5.32 Å². The summed E-state index contributed by atoms with van der Waals surface area (Å²) in [6.07, 6.45) is 1.49. The van der Waals surface area contributed by atoms with Crippen LogP contribution in [0.25, 0.3) is 0 Å². The summed E-state index contributed by atoms with van der Waals surface area (Å²) in [5.41, 5.74) is 0.441. The van der Waals surface area contributed by atoms with E-state index in [1.807, 2.05) is 0 Å². The lowest BCUT2D eigenvalue weighted by Gasteiger charge is -2.04. The third-order valence-electron chi connectivity index (χ3n) is 4.32. The minimum absolute atomic E-state index is 0.0393. The standard InChI is InChI=1S/C22H16ClF2N3O3/c23-18-12-28(11-14-3-1-2-4-19(14)25)27-21(18)26-22(29)20-10-9-17(31-20)13-30-16-7-5-15(24)6-8-16/h1-10,12H,11,13H2,(H,26,27,29). The smallest absolute Gasteiger partial charge is 0.292 e. The van der Waals surface area contributed by atoms with Gasteiger partial charge in [-0.15, -0.1) is 0 Å². The van der Waals surface area contributed by atoms with Crippen LogP contribution in [0.15, 0.2) is 71.3 Å². The molecule has 0 aliphatic carbocycles. The maximum atomic E-state index is 13.8. The average molecular weight is 444 g/mol. The molecule has 1 amide bonds. The molecule has 158 valence electrons. The Morgan fingerprint density at radius 2 is 1.87 bits per heavy atom. The van der Waals surface area contributed by atoms with Crippen LogP contribution in [0.4, 0.5) is 14.6 Å². The minimum atomic E-state index is -0.550. The summed E-state index contributed by atoms with van der Waals surface area (Å²) in [6.45, 7) is 0.227. The van der Waals surface area contributed by atoms with Crippen molar-refractivity contribution in [3.8, 4) is 5.75 Å². The lowest BCUT2D eigenvalue weighted by Crippen LogP contribution is -2.12. The van der Waals surface area contributed by atoms with E-state index in [4.69, 9.17) is 20.8 Å². The van der Waals surface area contributed by atoms with Crippen LogP contribution in [-0.4, -0.2) is 15.7 Å². The Morgan fingerprint density at radius 1 is 1.10 bits per heavy atom. The van der Waals surface area contributed by atoms with Crippen molar-refractivity contribution in [2.24, 2.45) is 0 Å². The fourth-order valence-electron chi connectivity index (χ4n) is 2.80. The summed E-state index contributed by atoms with van der Waals surface area (Å²) in [4.78, 5) is 12.5. The van der Waals surface area contributed by atoms with Crippen molar-refractivity contribution >= 4 is 23.3 Å². The maximum Gasteiger partial charge on any atom is 0.292 e. The van der Waals surface area contributed by atoms with Crippen LogP contribution in [0.3, 0.4) is 0 Å². The molecule has 2 heterocycles. The van der Waals surface area contributed by atoms with Crippen LogP contribution in [-0.2, 0) is 13.2 Å². The number of nitrogens with zero attached hydrogens (tertiary/aromatic N) is 2. The van der Waals surface area contributed by atoms with Crippen LogP contribution in [0, 0.1) is 11.6 Å². The first kappa shape index (κ1) is 20.6. The van der Waals surface area contributed by atoms with E-state index in [-0.39, 0.29) is 41.4 Å². The summed E-state index contributed by atoms with van der Waals surface area (Å²) in [7, 11) is 0. The lowest BCUT2D eigenvalue weighted by atomic mass is 10.2. The van der Waals surface area contributed by atoms with E-state index in [1.165, 1.54) is 47.3 Å². The number of carbonyl (C=O) groups is 1. The number of ether oxygens (including phenoxy) is 1. The topological polar surface area (TPSA) is 69.3 Å². The normalized spacial score (nSPS) is 10.8. The zero-order chi connectivity index (χ0) is 21.8. The lowest BCUT2D eigenvalue weighted by molar-refractivity contribution is 0.0992. The largest absolute Gasteiger partial charge is 0.486 e. The SMILES string of the molecule is O=C(Nc1nn(Cc2ccccc2F)cc1Cl)c1ccc(COc2ccc(F)cc2)o1. The quantitative estimate of drug-likeness (QED) is 0.421. The summed E-state index contributed by atoms with van der Waals surface area (Å²) in [6, 6.07) is 15.0. The predicted molar refractivity (Wildman–Crippen MR) is 110 cm³/mol. The second-order valence-corrected chi connectivity index (χ2v) is 6.98. The van der Waals surface area contributed by atoms with Crippen LogP contribution in [0.2, 0.25) is 5.02 Å². The van der Waals surface area contributed by atoms with E-state index in [9.17, 15) is 13.6 Å². The van der Waals surface area contributed by atoms with Gasteiger partial charge in [0, 0.05) is 11.8 Å². The van der Waals surface area contributed by atoms with Gasteiger partial charge in [0.1, 0.15) is 34.8 Å². The molecule has 2 aromatic heterocycles. The molecule has 0 spiro atoms. The van der Waals surface area contributed by atoms with E-state index in [1.54, 1.807) is 24.3 Å². The number of aromatic nitrogens is 2. The molecule has 0 saturated carbocycles. The number of halogens is 3. The van der Waals surface area contributed by atoms with E-state index < -0.39 is 5.91 Å². The molecule has 31 heavy (non-hydrogen) atoms. The van der Waals surface area contributed by atoms with Gasteiger partial charge in [0.2, 0.25) is 0 Å². The monoisotopic (exact) mass is 443 g/mol. The number of amides is 1. The highest BCUT2D eigenvalue weighted by atomic mass is 35.5.